The van der Waals surface area contributed by atoms with Crippen LogP contribution in [0, 0.1) is 12.3 Å². The van der Waals surface area contributed by atoms with Gasteiger partial charge in [0.15, 0.2) is 0 Å². The highest BCUT2D eigenvalue weighted by Gasteiger charge is 2.30. The van der Waals surface area contributed by atoms with E-state index in [-0.39, 0.29) is 19.1 Å². The molecule has 0 saturated carbocycles. The molecule has 3 rings (SSSR count). The third-order valence-electron chi connectivity index (χ3n) is 5.48. The van der Waals surface area contributed by atoms with Crippen LogP contribution in [0.15, 0.2) is 48.5 Å². The van der Waals surface area contributed by atoms with Crippen LogP contribution >= 0.6 is 0 Å². The zero-order valence-corrected chi connectivity index (χ0v) is 18.4. The van der Waals surface area contributed by atoms with Crippen molar-refractivity contribution >= 4 is 18.0 Å². The Morgan fingerprint density at radius 1 is 1.12 bits per heavy atom. The summed E-state index contributed by atoms with van der Waals surface area (Å²) in [6.07, 6.45) is 3.84. The number of carbonyl (C=O) groups is 3. The van der Waals surface area contributed by atoms with Gasteiger partial charge in [0.2, 0.25) is 5.91 Å². The number of terminal acetylenes is 1. The smallest absolute Gasteiger partial charge is 0.407 e. The minimum absolute atomic E-state index is 0.0676. The number of carboxylic acids is 1. The second-order valence-electron chi connectivity index (χ2n) is 7.85. The van der Waals surface area contributed by atoms with Gasteiger partial charge in [-0.1, -0.05) is 54.5 Å². The molecule has 2 amide bonds. The van der Waals surface area contributed by atoms with Gasteiger partial charge in [-0.3, -0.25) is 14.5 Å². The third kappa shape index (κ3) is 6.11. The van der Waals surface area contributed by atoms with Crippen LogP contribution in [0.3, 0.4) is 0 Å². The van der Waals surface area contributed by atoms with Gasteiger partial charge < -0.3 is 20.5 Å². The molecule has 3 N–H and O–H groups in total. The van der Waals surface area contributed by atoms with Crippen LogP contribution in [0.5, 0.6) is 0 Å². The summed E-state index contributed by atoms with van der Waals surface area (Å²) < 4.78 is 5.42. The van der Waals surface area contributed by atoms with Crippen molar-refractivity contribution in [3.63, 3.8) is 0 Å². The van der Waals surface area contributed by atoms with Crippen molar-refractivity contribution in [1.29, 1.82) is 0 Å². The Labute approximate surface area is 192 Å². The van der Waals surface area contributed by atoms with Gasteiger partial charge in [0, 0.05) is 19.0 Å². The van der Waals surface area contributed by atoms with E-state index in [4.69, 9.17) is 16.3 Å². The number of benzene rings is 2. The molecule has 1 atom stereocenters. The van der Waals surface area contributed by atoms with Crippen LogP contribution in [0.4, 0.5) is 4.79 Å². The minimum atomic E-state index is -1.25. The number of carboxylic acid groups (broad SMARTS) is 1. The number of hydrogen-bond acceptors (Lipinski definition) is 5. The van der Waals surface area contributed by atoms with Gasteiger partial charge in [0.25, 0.3) is 0 Å². The number of hydrogen-bond donors (Lipinski definition) is 3. The van der Waals surface area contributed by atoms with Crippen LogP contribution in [0.25, 0.3) is 11.1 Å². The maximum absolute atomic E-state index is 12.5. The van der Waals surface area contributed by atoms with E-state index in [0.29, 0.717) is 13.1 Å². The Bertz CT molecular complexity index is 1020. The lowest BCUT2D eigenvalue weighted by Crippen LogP contribution is -2.49. The number of nitrogens with one attached hydrogen (secondary N) is 2. The Hall–Kier alpha value is -3.83. The van der Waals surface area contributed by atoms with Crippen LogP contribution in [0.1, 0.15) is 23.5 Å². The van der Waals surface area contributed by atoms with Crippen molar-refractivity contribution in [3.8, 4) is 23.5 Å². The predicted octanol–water partition coefficient (Wildman–Crippen LogP) is 2.05. The second-order valence-corrected chi connectivity index (χ2v) is 7.85. The van der Waals surface area contributed by atoms with Crippen LogP contribution in [-0.4, -0.2) is 67.3 Å². The number of ether oxygens (including phenoxy) is 1. The molecule has 33 heavy (non-hydrogen) atoms. The molecule has 1 unspecified atom stereocenters. The van der Waals surface area contributed by atoms with E-state index >= 15 is 0 Å². The average Bonchev–Trinajstić information content (AvgIpc) is 3.11. The molecule has 0 spiro atoms. The summed E-state index contributed by atoms with van der Waals surface area (Å²) >= 11 is 0. The van der Waals surface area contributed by atoms with E-state index in [1.807, 2.05) is 53.4 Å². The van der Waals surface area contributed by atoms with Crippen LogP contribution in [-0.2, 0) is 14.3 Å². The second kappa shape index (κ2) is 11.2. The lowest BCUT2D eigenvalue weighted by Gasteiger charge is -2.19. The van der Waals surface area contributed by atoms with E-state index in [1.54, 1.807) is 7.05 Å². The van der Waals surface area contributed by atoms with E-state index in [1.165, 1.54) is 0 Å². The van der Waals surface area contributed by atoms with Gasteiger partial charge in [-0.2, -0.15) is 0 Å². The van der Waals surface area contributed by atoms with Crippen molar-refractivity contribution in [2.45, 2.75) is 18.4 Å². The van der Waals surface area contributed by atoms with Gasteiger partial charge in [-0.05, 0) is 29.3 Å². The molecular weight excluding hydrogens is 422 g/mol. The lowest BCUT2D eigenvalue weighted by molar-refractivity contribution is -0.139. The molecule has 0 aliphatic heterocycles. The first-order chi connectivity index (χ1) is 15.9. The highest BCUT2D eigenvalue weighted by atomic mass is 16.5. The molecule has 0 saturated heterocycles. The van der Waals surface area contributed by atoms with Crippen molar-refractivity contribution in [2.75, 3.05) is 33.3 Å². The van der Waals surface area contributed by atoms with Crippen molar-refractivity contribution in [1.82, 2.24) is 15.5 Å². The summed E-state index contributed by atoms with van der Waals surface area (Å²) in [6, 6.07) is 14.6. The number of fused-ring (bicyclic) bond motifs is 3. The lowest BCUT2D eigenvalue weighted by atomic mass is 9.98. The van der Waals surface area contributed by atoms with Crippen molar-refractivity contribution in [2.24, 2.45) is 0 Å². The SMILES string of the molecule is C#CCN(C)CCNC(=O)C(CC(=O)O)NC(=O)OCC1c2ccccc2-c2ccccc21. The molecule has 8 nitrogen and oxygen atoms in total. The molecule has 0 heterocycles. The third-order valence-corrected chi connectivity index (χ3v) is 5.48. The number of carbonyl (C=O) groups excluding carboxylic acids is 2. The Morgan fingerprint density at radius 2 is 1.73 bits per heavy atom. The van der Waals surface area contributed by atoms with Gasteiger partial charge in [0.1, 0.15) is 12.6 Å². The molecule has 0 fully saturated rings. The molecule has 2 aromatic carbocycles. The first-order valence-electron chi connectivity index (χ1n) is 10.6. The number of amides is 2. The standard InChI is InChI=1S/C25H27N3O5/c1-3-13-28(2)14-12-26-24(31)22(15-23(29)30)27-25(32)33-16-21-19-10-6-4-8-17(19)18-9-5-7-11-20(18)21/h1,4-11,21-22H,12-16H2,2H3,(H,26,31)(H,27,32)(H,29,30). The van der Waals surface area contributed by atoms with Crippen molar-refractivity contribution in [3.05, 3.63) is 59.7 Å². The number of alkyl carbamates (subject to hydrolysis) is 1. The summed E-state index contributed by atoms with van der Waals surface area (Å²) in [5, 5.41) is 14.2. The number of nitrogens with zero attached hydrogens (tertiary/aromatic N) is 1. The molecule has 0 aromatic heterocycles. The van der Waals surface area contributed by atoms with Crippen LogP contribution in [0.2, 0.25) is 0 Å². The summed E-state index contributed by atoms with van der Waals surface area (Å²) in [4.78, 5) is 37.9. The first kappa shape index (κ1) is 23.8. The Kier molecular flexibility index (Phi) is 8.06. The Balaban J connectivity index is 1.59. The number of likely N-dealkylation sites (N-methyl/N-ethyl adjacent to an activating group) is 1. The van der Waals surface area contributed by atoms with E-state index in [0.717, 1.165) is 22.3 Å². The van der Waals surface area contributed by atoms with E-state index in [9.17, 15) is 14.4 Å². The molecule has 1 aliphatic rings. The maximum Gasteiger partial charge on any atom is 0.407 e. The fraction of sp³-hybridized carbons (Fsp3) is 0.320. The Morgan fingerprint density at radius 3 is 2.30 bits per heavy atom. The zero-order chi connectivity index (χ0) is 23.8. The number of rotatable bonds is 10. The highest BCUT2D eigenvalue weighted by Crippen LogP contribution is 2.44. The maximum atomic E-state index is 12.5. The average molecular weight is 450 g/mol. The molecule has 0 bridgehead atoms. The first-order valence-corrected chi connectivity index (χ1v) is 10.6. The topological polar surface area (TPSA) is 108 Å². The van der Waals surface area contributed by atoms with Crippen molar-refractivity contribution < 1.29 is 24.2 Å². The number of aliphatic carboxylic acids is 1. The normalized spacial score (nSPS) is 12.9. The summed E-state index contributed by atoms with van der Waals surface area (Å²) in [5.74, 6) is 0.548. The highest BCUT2D eigenvalue weighted by molar-refractivity contribution is 5.89. The minimum Gasteiger partial charge on any atom is -0.481 e. The summed E-state index contributed by atoms with van der Waals surface area (Å²) in [6.45, 7) is 1.24. The quantitative estimate of drug-likeness (QED) is 0.479. The predicted molar refractivity (Wildman–Crippen MR) is 124 cm³/mol. The monoisotopic (exact) mass is 449 g/mol. The molecule has 8 heteroatoms. The molecule has 0 radical (unpaired) electrons. The van der Waals surface area contributed by atoms with Gasteiger partial charge in [-0.25, -0.2) is 4.79 Å². The summed E-state index contributed by atoms with van der Waals surface area (Å²) in [7, 11) is 1.80. The van der Waals surface area contributed by atoms with E-state index in [2.05, 4.69) is 16.6 Å². The fourth-order valence-corrected chi connectivity index (χ4v) is 3.89. The van der Waals surface area contributed by atoms with Gasteiger partial charge in [-0.15, -0.1) is 6.42 Å². The zero-order valence-electron chi connectivity index (χ0n) is 18.4. The fourth-order valence-electron chi connectivity index (χ4n) is 3.89. The molecular formula is C25H27N3O5. The van der Waals surface area contributed by atoms with Gasteiger partial charge >= 0.3 is 12.1 Å². The van der Waals surface area contributed by atoms with E-state index < -0.39 is 30.4 Å². The molecule has 1 aliphatic carbocycles. The molecule has 172 valence electrons. The van der Waals surface area contributed by atoms with Crippen LogP contribution < -0.4 is 10.6 Å². The summed E-state index contributed by atoms with van der Waals surface area (Å²) in [5.41, 5.74) is 4.31. The van der Waals surface area contributed by atoms with Gasteiger partial charge in [0.05, 0.1) is 13.0 Å². The molecule has 2 aromatic rings. The largest absolute Gasteiger partial charge is 0.481 e.